The van der Waals surface area contributed by atoms with Crippen molar-refractivity contribution >= 4 is 17.7 Å². The molecule has 0 aliphatic rings. The van der Waals surface area contributed by atoms with E-state index in [-0.39, 0.29) is 11.1 Å². The van der Waals surface area contributed by atoms with Gasteiger partial charge in [0, 0.05) is 17.5 Å². The number of carboxylic acids is 1. The SMILES string of the molecule is Cc1ccc(C(=O)c2ccccc2C(=O)NC(CC(F)F)C(=O)O)cc1C. The summed E-state index contributed by atoms with van der Waals surface area (Å²) >= 11 is 0. The van der Waals surface area contributed by atoms with Gasteiger partial charge >= 0.3 is 5.97 Å². The van der Waals surface area contributed by atoms with Gasteiger partial charge in [0.15, 0.2) is 5.78 Å². The number of hydrogen-bond donors (Lipinski definition) is 2. The molecule has 0 saturated carbocycles. The van der Waals surface area contributed by atoms with Crippen molar-refractivity contribution in [2.45, 2.75) is 32.7 Å². The Balaban J connectivity index is 2.33. The molecule has 0 aliphatic heterocycles. The normalized spacial score (nSPS) is 11.9. The maximum atomic E-state index is 12.8. The van der Waals surface area contributed by atoms with E-state index in [1.807, 2.05) is 13.8 Å². The Bertz CT molecular complexity index is 880. The first-order chi connectivity index (χ1) is 12.7. The number of amides is 1. The Hall–Kier alpha value is -3.09. The van der Waals surface area contributed by atoms with E-state index in [4.69, 9.17) is 5.11 Å². The molecule has 2 rings (SSSR count). The average Bonchev–Trinajstić information content (AvgIpc) is 2.62. The highest BCUT2D eigenvalue weighted by Gasteiger charge is 2.26. The minimum Gasteiger partial charge on any atom is -0.480 e. The zero-order valence-electron chi connectivity index (χ0n) is 14.8. The molecule has 0 bridgehead atoms. The number of nitrogens with one attached hydrogen (secondary N) is 1. The Kier molecular flexibility index (Phi) is 6.39. The lowest BCUT2D eigenvalue weighted by Gasteiger charge is -2.15. The fraction of sp³-hybridized carbons (Fsp3) is 0.250. The molecule has 1 unspecified atom stereocenters. The Morgan fingerprint density at radius 2 is 1.63 bits per heavy atom. The molecular weight excluding hydrogens is 356 g/mol. The van der Waals surface area contributed by atoms with Crippen molar-refractivity contribution in [2.75, 3.05) is 0 Å². The second kappa shape index (κ2) is 8.53. The number of carboxylic acid groups (broad SMARTS) is 1. The lowest BCUT2D eigenvalue weighted by Crippen LogP contribution is -2.42. The highest BCUT2D eigenvalue weighted by molar-refractivity contribution is 6.15. The topological polar surface area (TPSA) is 83.5 Å². The number of aryl methyl sites for hydroxylation is 2. The minimum atomic E-state index is -2.89. The van der Waals surface area contributed by atoms with Crippen molar-refractivity contribution < 1.29 is 28.3 Å². The van der Waals surface area contributed by atoms with Gasteiger partial charge in [0.25, 0.3) is 5.91 Å². The van der Waals surface area contributed by atoms with Crippen LogP contribution in [0.4, 0.5) is 8.78 Å². The molecule has 2 aromatic carbocycles. The monoisotopic (exact) mass is 375 g/mol. The summed E-state index contributed by atoms with van der Waals surface area (Å²) in [6, 6.07) is 9.24. The summed E-state index contributed by atoms with van der Waals surface area (Å²) < 4.78 is 25.1. The predicted molar refractivity (Wildman–Crippen MR) is 95.3 cm³/mol. The third kappa shape index (κ3) is 4.97. The van der Waals surface area contributed by atoms with E-state index in [0.717, 1.165) is 11.1 Å². The molecule has 27 heavy (non-hydrogen) atoms. The number of aliphatic carboxylic acids is 1. The lowest BCUT2D eigenvalue weighted by atomic mass is 9.95. The van der Waals surface area contributed by atoms with Crippen LogP contribution in [0.5, 0.6) is 0 Å². The summed E-state index contributed by atoms with van der Waals surface area (Å²) in [6.07, 6.45) is -3.91. The van der Waals surface area contributed by atoms with Crippen LogP contribution in [0.1, 0.15) is 43.8 Å². The van der Waals surface area contributed by atoms with Gasteiger partial charge in [-0.1, -0.05) is 30.3 Å². The molecule has 0 saturated heterocycles. The number of ketones is 1. The van der Waals surface area contributed by atoms with Crippen LogP contribution in [0.3, 0.4) is 0 Å². The number of benzene rings is 2. The first kappa shape index (κ1) is 20.2. The van der Waals surface area contributed by atoms with E-state index >= 15 is 0 Å². The van der Waals surface area contributed by atoms with Gasteiger partial charge in [-0.15, -0.1) is 0 Å². The van der Waals surface area contributed by atoms with Crippen molar-refractivity contribution in [1.82, 2.24) is 5.32 Å². The number of carbonyl (C=O) groups excluding carboxylic acids is 2. The van der Waals surface area contributed by atoms with Gasteiger partial charge < -0.3 is 10.4 Å². The quantitative estimate of drug-likeness (QED) is 0.727. The predicted octanol–water partition coefficient (Wildman–Crippen LogP) is 3.37. The molecule has 0 spiro atoms. The van der Waals surface area contributed by atoms with Gasteiger partial charge in [-0.25, -0.2) is 13.6 Å². The molecular formula is C20H19F2NO4. The van der Waals surface area contributed by atoms with Crippen molar-refractivity contribution in [3.05, 3.63) is 70.3 Å². The molecule has 1 amide bonds. The Morgan fingerprint density at radius 1 is 1.00 bits per heavy atom. The molecule has 5 nitrogen and oxygen atoms in total. The molecule has 7 heteroatoms. The highest BCUT2D eigenvalue weighted by Crippen LogP contribution is 2.18. The second-order valence-electron chi connectivity index (χ2n) is 6.16. The largest absolute Gasteiger partial charge is 0.480 e. The van der Waals surface area contributed by atoms with Crippen LogP contribution in [0.15, 0.2) is 42.5 Å². The molecule has 2 aromatic rings. The van der Waals surface area contributed by atoms with E-state index in [2.05, 4.69) is 5.32 Å². The highest BCUT2D eigenvalue weighted by atomic mass is 19.3. The molecule has 0 radical (unpaired) electrons. The minimum absolute atomic E-state index is 0.0683. The van der Waals surface area contributed by atoms with Crippen LogP contribution < -0.4 is 5.32 Å². The number of alkyl halides is 2. The van der Waals surface area contributed by atoms with Crippen LogP contribution in [-0.4, -0.2) is 35.2 Å². The van der Waals surface area contributed by atoms with Crippen LogP contribution >= 0.6 is 0 Å². The number of carbonyl (C=O) groups is 3. The van der Waals surface area contributed by atoms with E-state index in [1.165, 1.54) is 18.2 Å². The summed E-state index contributed by atoms with van der Waals surface area (Å²) in [6.45, 7) is 3.76. The van der Waals surface area contributed by atoms with Gasteiger partial charge in [-0.3, -0.25) is 9.59 Å². The smallest absolute Gasteiger partial charge is 0.326 e. The summed E-state index contributed by atoms with van der Waals surface area (Å²) in [5.41, 5.74) is 2.29. The van der Waals surface area contributed by atoms with Gasteiger partial charge in [0.2, 0.25) is 6.43 Å². The maximum Gasteiger partial charge on any atom is 0.326 e. The zero-order valence-corrected chi connectivity index (χ0v) is 14.8. The summed E-state index contributed by atoms with van der Waals surface area (Å²) in [7, 11) is 0. The van der Waals surface area contributed by atoms with Gasteiger partial charge in [-0.2, -0.15) is 0 Å². The van der Waals surface area contributed by atoms with E-state index in [1.54, 1.807) is 24.3 Å². The number of halogens is 2. The molecule has 142 valence electrons. The summed E-state index contributed by atoms with van der Waals surface area (Å²) in [5, 5.41) is 11.1. The first-order valence-electron chi connectivity index (χ1n) is 8.23. The third-order valence-corrected chi connectivity index (χ3v) is 4.20. The molecule has 0 aliphatic carbocycles. The van der Waals surface area contributed by atoms with Crippen LogP contribution in [0.2, 0.25) is 0 Å². The van der Waals surface area contributed by atoms with Crippen molar-refractivity contribution in [1.29, 1.82) is 0 Å². The molecule has 0 heterocycles. The zero-order chi connectivity index (χ0) is 20.1. The molecule has 2 N–H and O–H groups in total. The van der Waals surface area contributed by atoms with Crippen molar-refractivity contribution in [3.63, 3.8) is 0 Å². The lowest BCUT2D eigenvalue weighted by molar-refractivity contribution is -0.140. The van der Waals surface area contributed by atoms with Crippen LogP contribution in [0, 0.1) is 13.8 Å². The molecule has 0 aromatic heterocycles. The van der Waals surface area contributed by atoms with Crippen molar-refractivity contribution in [3.8, 4) is 0 Å². The third-order valence-electron chi connectivity index (χ3n) is 4.20. The number of hydrogen-bond acceptors (Lipinski definition) is 3. The first-order valence-corrected chi connectivity index (χ1v) is 8.23. The Labute approximate surface area is 155 Å². The standard InChI is InChI=1S/C20H19F2NO4/c1-11-7-8-13(9-12(11)2)18(24)14-5-3-4-6-15(14)19(25)23-16(20(26)27)10-17(21)22/h3-9,16-17H,10H2,1-2H3,(H,23,25)(H,26,27). The second-order valence-corrected chi connectivity index (χ2v) is 6.16. The van der Waals surface area contributed by atoms with Gasteiger partial charge in [0.1, 0.15) is 6.04 Å². The van der Waals surface area contributed by atoms with E-state index < -0.39 is 36.5 Å². The fourth-order valence-electron chi connectivity index (χ4n) is 2.55. The maximum absolute atomic E-state index is 12.8. The van der Waals surface area contributed by atoms with Gasteiger partial charge in [-0.05, 0) is 37.1 Å². The molecule has 1 atom stereocenters. The summed E-state index contributed by atoms with van der Waals surface area (Å²) in [4.78, 5) is 36.4. The van der Waals surface area contributed by atoms with E-state index in [9.17, 15) is 23.2 Å². The molecule has 0 fully saturated rings. The number of rotatable bonds is 7. The average molecular weight is 375 g/mol. The van der Waals surface area contributed by atoms with Gasteiger partial charge in [0.05, 0.1) is 5.56 Å². The summed E-state index contributed by atoms with van der Waals surface area (Å²) in [5.74, 6) is -2.87. The van der Waals surface area contributed by atoms with Crippen molar-refractivity contribution in [2.24, 2.45) is 0 Å². The fourth-order valence-corrected chi connectivity index (χ4v) is 2.55. The van der Waals surface area contributed by atoms with Crippen LogP contribution in [0.25, 0.3) is 0 Å². The van der Waals surface area contributed by atoms with E-state index in [0.29, 0.717) is 5.56 Å². The Morgan fingerprint density at radius 3 is 2.19 bits per heavy atom. The van der Waals surface area contributed by atoms with Crippen LogP contribution in [-0.2, 0) is 4.79 Å².